The molecule has 0 aliphatic heterocycles. The Morgan fingerprint density at radius 1 is 0.963 bits per heavy atom. The van der Waals surface area contributed by atoms with E-state index in [9.17, 15) is 26.3 Å². The molecular formula is C17H13F6N3S. The second kappa shape index (κ2) is 8.47. The molecule has 27 heavy (non-hydrogen) atoms. The van der Waals surface area contributed by atoms with Crippen LogP contribution in [0.1, 0.15) is 22.3 Å². The summed E-state index contributed by atoms with van der Waals surface area (Å²) in [6.07, 6.45) is -9.13. The van der Waals surface area contributed by atoms with E-state index in [1.807, 2.05) is 30.3 Å². The van der Waals surface area contributed by atoms with Gasteiger partial charge < -0.3 is 5.73 Å². The molecular weight excluding hydrogens is 392 g/mol. The highest BCUT2D eigenvalue weighted by atomic mass is 32.2. The van der Waals surface area contributed by atoms with Crippen LogP contribution in [0.2, 0.25) is 0 Å². The molecule has 0 bridgehead atoms. The van der Waals surface area contributed by atoms with E-state index in [1.54, 1.807) is 0 Å². The molecule has 0 spiro atoms. The van der Waals surface area contributed by atoms with Gasteiger partial charge in [0.1, 0.15) is 0 Å². The summed E-state index contributed by atoms with van der Waals surface area (Å²) in [4.78, 5) is 0. The van der Waals surface area contributed by atoms with Gasteiger partial charge in [-0.1, -0.05) is 48.2 Å². The lowest BCUT2D eigenvalue weighted by molar-refractivity contribution is -0.143. The Balaban J connectivity index is 2.15. The van der Waals surface area contributed by atoms with Gasteiger partial charge in [0.05, 0.1) is 17.3 Å². The first kappa shape index (κ1) is 20.8. The highest BCUT2D eigenvalue weighted by molar-refractivity contribution is 8.13. The predicted octanol–water partition coefficient (Wildman–Crippen LogP) is 5.31. The van der Waals surface area contributed by atoms with Crippen molar-refractivity contribution in [1.29, 1.82) is 0 Å². The molecule has 0 aliphatic carbocycles. The van der Waals surface area contributed by atoms with Crippen molar-refractivity contribution in [2.24, 2.45) is 15.9 Å². The van der Waals surface area contributed by atoms with E-state index in [4.69, 9.17) is 5.73 Å². The van der Waals surface area contributed by atoms with Crippen molar-refractivity contribution in [1.82, 2.24) is 0 Å². The molecule has 2 N–H and O–H groups in total. The van der Waals surface area contributed by atoms with Gasteiger partial charge in [-0.25, -0.2) is 0 Å². The zero-order chi connectivity index (χ0) is 20.1. The maximum absolute atomic E-state index is 13.0. The summed E-state index contributed by atoms with van der Waals surface area (Å²) >= 11 is 1.12. The minimum Gasteiger partial charge on any atom is -0.377 e. The minimum absolute atomic E-state index is 0.00979. The average molecular weight is 405 g/mol. The zero-order valence-corrected chi connectivity index (χ0v) is 14.4. The van der Waals surface area contributed by atoms with E-state index in [0.29, 0.717) is 17.9 Å². The van der Waals surface area contributed by atoms with E-state index in [-0.39, 0.29) is 11.2 Å². The smallest absolute Gasteiger partial charge is 0.377 e. The van der Waals surface area contributed by atoms with Crippen molar-refractivity contribution in [3.63, 3.8) is 0 Å². The topological polar surface area (TPSA) is 50.7 Å². The fraction of sp³-hybridized carbons (Fsp3) is 0.176. The van der Waals surface area contributed by atoms with Crippen molar-refractivity contribution in [2.45, 2.75) is 18.1 Å². The summed E-state index contributed by atoms with van der Waals surface area (Å²) in [5.74, 6) is 0.486. The maximum atomic E-state index is 13.0. The minimum atomic E-state index is -4.97. The summed E-state index contributed by atoms with van der Waals surface area (Å²) in [5.41, 5.74) is 3.19. The number of thioether (sulfide) groups is 1. The molecule has 0 aromatic heterocycles. The van der Waals surface area contributed by atoms with Gasteiger partial charge in [0, 0.05) is 11.3 Å². The van der Waals surface area contributed by atoms with Crippen LogP contribution in [-0.4, -0.2) is 11.4 Å². The molecule has 2 rings (SSSR count). The molecule has 0 radical (unpaired) electrons. The zero-order valence-electron chi connectivity index (χ0n) is 13.6. The van der Waals surface area contributed by atoms with E-state index in [1.165, 1.54) is 0 Å². The predicted molar refractivity (Wildman–Crippen MR) is 93.4 cm³/mol. The quantitative estimate of drug-likeness (QED) is 0.325. The lowest BCUT2D eigenvalue weighted by Gasteiger charge is -2.13. The Kier molecular flexibility index (Phi) is 6.53. The maximum Gasteiger partial charge on any atom is 0.417 e. The Morgan fingerprint density at radius 2 is 1.63 bits per heavy atom. The fourth-order valence-electron chi connectivity index (χ4n) is 2.00. The van der Waals surface area contributed by atoms with Crippen molar-refractivity contribution < 1.29 is 26.3 Å². The summed E-state index contributed by atoms with van der Waals surface area (Å²) in [7, 11) is 0. The molecule has 0 saturated carbocycles. The van der Waals surface area contributed by atoms with Gasteiger partial charge in [0.25, 0.3) is 0 Å². The first-order valence-electron chi connectivity index (χ1n) is 7.39. The monoisotopic (exact) mass is 405 g/mol. The first-order valence-corrected chi connectivity index (χ1v) is 8.37. The van der Waals surface area contributed by atoms with Crippen LogP contribution >= 0.6 is 11.8 Å². The number of alkyl halides is 6. The first-order chi connectivity index (χ1) is 12.6. The highest BCUT2D eigenvalue weighted by Gasteiger charge is 2.37. The van der Waals surface area contributed by atoms with E-state index < -0.39 is 29.0 Å². The molecule has 0 unspecified atom stereocenters. The average Bonchev–Trinajstić information content (AvgIpc) is 2.59. The number of hydrogen-bond acceptors (Lipinski definition) is 3. The van der Waals surface area contributed by atoms with Crippen LogP contribution in [0.5, 0.6) is 0 Å². The molecule has 144 valence electrons. The van der Waals surface area contributed by atoms with Crippen molar-refractivity contribution in [3.8, 4) is 0 Å². The normalized spacial score (nSPS) is 13.3. The molecule has 3 nitrogen and oxygen atoms in total. The molecule has 0 amide bonds. The number of hydrogen-bond donors (Lipinski definition) is 1. The third-order valence-electron chi connectivity index (χ3n) is 3.27. The highest BCUT2D eigenvalue weighted by Crippen LogP contribution is 2.36. The number of nitrogens with zero attached hydrogens (tertiary/aromatic N) is 2. The Bertz CT molecular complexity index is 829. The van der Waals surface area contributed by atoms with Gasteiger partial charge in [0.2, 0.25) is 0 Å². The van der Waals surface area contributed by atoms with Crippen LogP contribution in [-0.2, 0) is 18.1 Å². The molecule has 2 aromatic rings. The molecule has 0 fully saturated rings. The van der Waals surface area contributed by atoms with E-state index in [0.717, 1.165) is 23.5 Å². The van der Waals surface area contributed by atoms with Crippen molar-refractivity contribution >= 4 is 23.1 Å². The van der Waals surface area contributed by atoms with Crippen LogP contribution in [0.25, 0.3) is 0 Å². The van der Waals surface area contributed by atoms with Crippen molar-refractivity contribution in [2.75, 3.05) is 0 Å². The van der Waals surface area contributed by atoms with Gasteiger partial charge in [0.15, 0.2) is 5.17 Å². The number of nitrogens with two attached hydrogens (primary N) is 1. The van der Waals surface area contributed by atoms with Gasteiger partial charge in [-0.05, 0) is 17.7 Å². The number of rotatable bonds is 4. The lowest BCUT2D eigenvalue weighted by Crippen LogP contribution is -2.13. The Labute approximate surface area is 155 Å². The Morgan fingerprint density at radius 3 is 2.22 bits per heavy atom. The number of benzene rings is 2. The van der Waals surface area contributed by atoms with Gasteiger partial charge in [-0.3, -0.25) is 0 Å². The molecule has 0 aliphatic rings. The van der Waals surface area contributed by atoms with Gasteiger partial charge in [-0.15, -0.1) is 5.10 Å². The lowest BCUT2D eigenvalue weighted by atomic mass is 10.0. The largest absolute Gasteiger partial charge is 0.417 e. The summed E-state index contributed by atoms with van der Waals surface area (Å²) in [6.45, 7) is 0. The van der Waals surface area contributed by atoms with Crippen LogP contribution in [0.3, 0.4) is 0 Å². The Hall–Kier alpha value is -2.49. The number of halogens is 6. The standard InChI is InChI=1S/C17H13F6N3S/c18-16(19,20)13-7-6-12(14(8-13)17(21,22)23)9-25-26-15(24)27-10-11-4-2-1-3-5-11/h1-9H,10H2,(H2,24,26). The molecule has 2 aromatic carbocycles. The second-order valence-corrected chi connectivity index (χ2v) is 6.25. The van der Waals surface area contributed by atoms with Crippen LogP contribution in [0, 0.1) is 0 Å². The number of amidine groups is 1. The van der Waals surface area contributed by atoms with Gasteiger partial charge in [-0.2, -0.15) is 31.4 Å². The van der Waals surface area contributed by atoms with E-state index >= 15 is 0 Å². The fourth-order valence-corrected chi connectivity index (χ4v) is 2.61. The summed E-state index contributed by atoms with van der Waals surface area (Å²) in [5, 5.41) is 7.03. The van der Waals surface area contributed by atoms with Crippen LogP contribution < -0.4 is 5.73 Å². The third-order valence-corrected chi connectivity index (χ3v) is 4.12. The summed E-state index contributed by atoms with van der Waals surface area (Å²) < 4.78 is 76.9. The third kappa shape index (κ3) is 6.31. The molecule has 0 saturated heterocycles. The SMILES string of the molecule is NC(=NN=Cc1ccc(C(F)(F)F)cc1C(F)(F)F)SCc1ccccc1. The molecule has 0 heterocycles. The molecule has 0 atom stereocenters. The second-order valence-electron chi connectivity index (χ2n) is 5.25. The van der Waals surface area contributed by atoms with E-state index in [2.05, 4.69) is 10.2 Å². The van der Waals surface area contributed by atoms with Crippen molar-refractivity contribution in [3.05, 3.63) is 70.8 Å². The van der Waals surface area contributed by atoms with Gasteiger partial charge >= 0.3 is 12.4 Å². The van der Waals surface area contributed by atoms with Crippen LogP contribution in [0.15, 0.2) is 58.7 Å². The summed E-state index contributed by atoms with van der Waals surface area (Å²) in [6, 6.07) is 10.5. The van der Waals surface area contributed by atoms with Crippen LogP contribution in [0.4, 0.5) is 26.3 Å². The molecule has 10 heteroatoms.